The lowest BCUT2D eigenvalue weighted by Crippen LogP contribution is -2.45. The van der Waals surface area contributed by atoms with Gasteiger partial charge in [-0.2, -0.15) is 0 Å². The van der Waals surface area contributed by atoms with Crippen LogP contribution in [-0.4, -0.2) is 63.0 Å². The minimum atomic E-state index is 0.00949. The van der Waals surface area contributed by atoms with Gasteiger partial charge in [0.25, 0.3) is 0 Å². The van der Waals surface area contributed by atoms with Crippen LogP contribution in [0, 0.1) is 0 Å². The third kappa shape index (κ3) is 5.30. The Balaban J connectivity index is 0.00000139. The first-order chi connectivity index (χ1) is 11.7. The van der Waals surface area contributed by atoms with Crippen LogP contribution in [0.5, 0.6) is 17.2 Å². The molecule has 1 aromatic carbocycles. The molecule has 1 fully saturated rings. The monoisotopic (exact) mass is 358 g/mol. The number of methoxy groups -OCH3 is 3. The topological polar surface area (TPSA) is 80.3 Å². The minimum Gasteiger partial charge on any atom is -0.493 e. The van der Waals surface area contributed by atoms with Gasteiger partial charge < -0.3 is 24.4 Å². The molecule has 1 aliphatic heterocycles. The second-order valence-corrected chi connectivity index (χ2v) is 4.87. The van der Waals surface area contributed by atoms with Gasteiger partial charge in [0.05, 0.1) is 33.2 Å². The number of ether oxygens (including phenoxy) is 3. The summed E-state index contributed by atoms with van der Waals surface area (Å²) in [5.74, 6) is 1.68. The van der Waals surface area contributed by atoms with Crippen LogP contribution in [0.1, 0.15) is 5.56 Å². The molecule has 24 heavy (non-hydrogen) atoms. The van der Waals surface area contributed by atoms with Crippen molar-refractivity contribution < 1.29 is 23.7 Å². The highest BCUT2D eigenvalue weighted by Crippen LogP contribution is 2.38. The van der Waals surface area contributed by atoms with Crippen LogP contribution in [0.15, 0.2) is 18.2 Å². The Bertz CT molecular complexity index is 534. The molecule has 1 saturated heterocycles. The fourth-order valence-electron chi connectivity index (χ4n) is 2.36. The van der Waals surface area contributed by atoms with E-state index in [0.717, 1.165) is 31.7 Å². The number of carbonyl (C=O) groups excluding carboxylic acids is 1. The van der Waals surface area contributed by atoms with E-state index < -0.39 is 0 Å². The summed E-state index contributed by atoms with van der Waals surface area (Å²) in [7, 11) is 4.69. The van der Waals surface area contributed by atoms with Crippen molar-refractivity contribution in [3.05, 3.63) is 23.8 Å². The van der Waals surface area contributed by atoms with Crippen molar-refractivity contribution in [1.29, 1.82) is 0 Å². The summed E-state index contributed by atoms with van der Waals surface area (Å²) >= 11 is 3.64. The smallest absolute Gasteiger partial charge is 0.246 e. The van der Waals surface area contributed by atoms with E-state index in [1.807, 2.05) is 17.0 Å². The molecule has 134 valence electrons. The first kappa shape index (κ1) is 20.1. The molecule has 0 atom stereocenters. The van der Waals surface area contributed by atoms with Gasteiger partial charge in [-0.3, -0.25) is 9.45 Å². The zero-order valence-corrected chi connectivity index (χ0v) is 14.8. The van der Waals surface area contributed by atoms with Gasteiger partial charge in [-0.25, -0.2) is 0 Å². The number of rotatable bonds is 5. The third-order valence-corrected chi connectivity index (χ3v) is 3.53. The number of piperazine rings is 1. The van der Waals surface area contributed by atoms with Crippen molar-refractivity contribution >= 4 is 23.8 Å². The zero-order chi connectivity index (χ0) is 17.9. The average Bonchev–Trinajstić information content (AvgIpc) is 2.67. The van der Waals surface area contributed by atoms with Crippen molar-refractivity contribution in [3.63, 3.8) is 0 Å². The summed E-state index contributed by atoms with van der Waals surface area (Å²) in [6.45, 7) is 3.14. The fraction of sp³-hybridized carbons (Fsp3) is 0.438. The maximum atomic E-state index is 12.1. The molecule has 1 heterocycles. The Morgan fingerprint density at radius 1 is 1.12 bits per heavy atom. The predicted molar refractivity (Wildman–Crippen MR) is 92.7 cm³/mol. The number of hydrogen-bond donors (Lipinski definition) is 2. The summed E-state index contributed by atoms with van der Waals surface area (Å²) in [6.07, 6.45) is 3.33. The molecular formula is C16H23ClN2O5. The molecule has 8 heteroatoms. The lowest BCUT2D eigenvalue weighted by molar-refractivity contribution is -0.126. The average molecular weight is 359 g/mol. The predicted octanol–water partition coefficient (Wildman–Crippen LogP) is 1.29. The highest BCUT2D eigenvalue weighted by atomic mass is 35.5. The molecule has 7 nitrogen and oxygen atoms in total. The van der Waals surface area contributed by atoms with Gasteiger partial charge in [-0.1, -0.05) is 0 Å². The maximum absolute atomic E-state index is 12.1. The number of nitrogens with one attached hydrogen (secondary N) is 1. The van der Waals surface area contributed by atoms with Crippen LogP contribution in [-0.2, 0) is 4.79 Å². The van der Waals surface area contributed by atoms with Crippen LogP contribution in [0.25, 0.3) is 6.08 Å². The van der Waals surface area contributed by atoms with E-state index in [4.69, 9.17) is 18.9 Å². The lowest BCUT2D eigenvalue weighted by Gasteiger charge is -2.26. The molecule has 0 saturated carbocycles. The van der Waals surface area contributed by atoms with Crippen molar-refractivity contribution in [2.24, 2.45) is 0 Å². The van der Waals surface area contributed by atoms with E-state index in [9.17, 15) is 4.79 Å². The summed E-state index contributed by atoms with van der Waals surface area (Å²) in [6, 6.07) is 3.62. The second-order valence-electron chi connectivity index (χ2n) is 4.87. The van der Waals surface area contributed by atoms with E-state index in [2.05, 4.69) is 17.2 Å². The maximum Gasteiger partial charge on any atom is 0.246 e. The number of carbonyl (C=O) groups is 1. The van der Waals surface area contributed by atoms with Crippen molar-refractivity contribution in [1.82, 2.24) is 10.2 Å². The van der Waals surface area contributed by atoms with Gasteiger partial charge in [-0.05, 0) is 23.8 Å². The molecule has 1 amide bonds. The van der Waals surface area contributed by atoms with Crippen molar-refractivity contribution in [2.75, 3.05) is 47.5 Å². The molecule has 0 spiro atoms. The largest absolute Gasteiger partial charge is 0.493 e. The first-order valence-corrected chi connectivity index (χ1v) is 7.68. The van der Waals surface area contributed by atoms with Crippen LogP contribution in [0.2, 0.25) is 0 Å². The number of nitrogens with zero attached hydrogens (tertiary/aromatic N) is 1. The molecule has 0 aromatic heterocycles. The third-order valence-electron chi connectivity index (χ3n) is 3.53. The Labute approximate surface area is 146 Å². The molecule has 2 N–H and O–H groups in total. The molecule has 0 aliphatic carbocycles. The Morgan fingerprint density at radius 3 is 2.12 bits per heavy atom. The van der Waals surface area contributed by atoms with E-state index in [1.54, 1.807) is 33.5 Å². The van der Waals surface area contributed by atoms with Gasteiger partial charge in [0.15, 0.2) is 11.5 Å². The van der Waals surface area contributed by atoms with Crippen LogP contribution >= 0.6 is 11.9 Å². The molecular weight excluding hydrogens is 336 g/mol. The molecule has 2 rings (SSSR count). The molecule has 1 aromatic rings. The second kappa shape index (κ2) is 10.7. The highest BCUT2D eigenvalue weighted by molar-refractivity contribution is 6.04. The molecule has 0 radical (unpaired) electrons. The minimum absolute atomic E-state index is 0.00949. The SMILES string of the molecule is COc1cc(C=CC(=O)N2CCNCC2)cc(OC)c1OC.OCl. The number of hydrogen-bond acceptors (Lipinski definition) is 6. The lowest BCUT2D eigenvalue weighted by atomic mass is 10.1. The number of benzene rings is 1. The fourth-order valence-corrected chi connectivity index (χ4v) is 2.36. The molecule has 0 unspecified atom stereocenters. The molecule has 0 bridgehead atoms. The summed E-state index contributed by atoms with van der Waals surface area (Å²) in [5, 5.41) is 3.22. The Morgan fingerprint density at radius 2 is 1.67 bits per heavy atom. The van der Waals surface area contributed by atoms with E-state index in [1.165, 1.54) is 0 Å². The Kier molecular flexibility index (Phi) is 8.99. The van der Waals surface area contributed by atoms with E-state index >= 15 is 0 Å². The summed E-state index contributed by atoms with van der Waals surface area (Å²) in [4.78, 5) is 14.0. The van der Waals surface area contributed by atoms with Gasteiger partial charge in [0.2, 0.25) is 11.7 Å². The normalized spacial score (nSPS) is 14.0. The summed E-state index contributed by atoms with van der Waals surface area (Å²) < 4.78 is 22.4. The zero-order valence-electron chi connectivity index (χ0n) is 14.0. The Hall–Kier alpha value is -1.96. The van der Waals surface area contributed by atoms with Crippen LogP contribution in [0.4, 0.5) is 0 Å². The van der Waals surface area contributed by atoms with E-state index in [0.29, 0.717) is 17.2 Å². The highest BCUT2D eigenvalue weighted by Gasteiger charge is 2.14. The van der Waals surface area contributed by atoms with Gasteiger partial charge in [0, 0.05) is 32.3 Å². The van der Waals surface area contributed by atoms with Crippen molar-refractivity contribution in [3.8, 4) is 17.2 Å². The van der Waals surface area contributed by atoms with Gasteiger partial charge in [0.1, 0.15) is 0 Å². The van der Waals surface area contributed by atoms with Crippen LogP contribution in [0.3, 0.4) is 0 Å². The summed E-state index contributed by atoms with van der Waals surface area (Å²) in [5.41, 5.74) is 0.818. The van der Waals surface area contributed by atoms with E-state index in [-0.39, 0.29) is 5.91 Å². The quantitative estimate of drug-likeness (QED) is 0.772. The number of halogens is 1. The number of amides is 1. The van der Waals surface area contributed by atoms with Gasteiger partial charge >= 0.3 is 0 Å². The van der Waals surface area contributed by atoms with Crippen LogP contribution < -0.4 is 19.5 Å². The van der Waals surface area contributed by atoms with Crippen molar-refractivity contribution in [2.45, 2.75) is 0 Å². The standard InChI is InChI=1S/C16H22N2O4.ClHO/c1-20-13-10-12(11-14(21-2)16(13)22-3)4-5-15(19)18-8-6-17-7-9-18;1-2/h4-5,10-11,17H,6-9H2,1-3H3;2H. The van der Waals surface area contributed by atoms with Gasteiger partial charge in [-0.15, -0.1) is 0 Å². The first-order valence-electron chi connectivity index (χ1n) is 7.34. The molecule has 1 aliphatic rings.